The van der Waals surface area contributed by atoms with Crippen LogP contribution in [-0.4, -0.2) is 27.0 Å². The summed E-state index contributed by atoms with van der Waals surface area (Å²) >= 11 is 0. The lowest BCUT2D eigenvalue weighted by Crippen LogP contribution is -2.41. The number of hydrogen-bond acceptors (Lipinski definition) is 5. The van der Waals surface area contributed by atoms with Gasteiger partial charge in [-0.3, -0.25) is 4.79 Å². The minimum atomic E-state index is -3.86. The molecular formula is C23H24N2O5S. The van der Waals surface area contributed by atoms with Crippen LogP contribution in [0.4, 0.5) is 5.69 Å². The Morgan fingerprint density at radius 2 is 1.45 bits per heavy atom. The van der Waals surface area contributed by atoms with E-state index in [-0.39, 0.29) is 4.90 Å². The van der Waals surface area contributed by atoms with Crippen molar-refractivity contribution < 1.29 is 22.7 Å². The van der Waals surface area contributed by atoms with Gasteiger partial charge in [-0.2, -0.15) is 4.72 Å². The van der Waals surface area contributed by atoms with Crippen LogP contribution in [0.5, 0.6) is 17.2 Å². The fourth-order valence-corrected chi connectivity index (χ4v) is 3.92. The second-order valence-corrected chi connectivity index (χ2v) is 8.39. The number of anilines is 1. The van der Waals surface area contributed by atoms with Gasteiger partial charge in [0.2, 0.25) is 15.9 Å². The van der Waals surface area contributed by atoms with Gasteiger partial charge in [-0.15, -0.1) is 0 Å². The Balaban J connectivity index is 1.58. The first-order valence-electron chi connectivity index (χ1n) is 9.76. The maximum absolute atomic E-state index is 12.5. The van der Waals surface area contributed by atoms with E-state index in [1.54, 1.807) is 36.4 Å². The Bertz CT molecular complexity index is 1100. The summed E-state index contributed by atoms with van der Waals surface area (Å²) < 4.78 is 38.5. The molecule has 0 aliphatic rings. The second-order valence-electron chi connectivity index (χ2n) is 6.68. The van der Waals surface area contributed by atoms with Gasteiger partial charge < -0.3 is 14.8 Å². The molecule has 1 amide bonds. The van der Waals surface area contributed by atoms with Crippen LogP contribution in [0.25, 0.3) is 0 Å². The highest BCUT2D eigenvalue weighted by Gasteiger charge is 2.22. The summed E-state index contributed by atoms with van der Waals surface area (Å²) in [6.07, 6.45) is 0. The normalized spacial score (nSPS) is 12.1. The lowest BCUT2D eigenvalue weighted by atomic mass is 10.2. The minimum Gasteiger partial charge on any atom is -0.494 e. The summed E-state index contributed by atoms with van der Waals surface area (Å²) in [7, 11) is -3.86. The third-order valence-corrected chi connectivity index (χ3v) is 5.83. The molecule has 0 heterocycles. The predicted octanol–water partition coefficient (Wildman–Crippen LogP) is 4.18. The van der Waals surface area contributed by atoms with Crippen LogP contribution in [-0.2, 0) is 14.8 Å². The quantitative estimate of drug-likeness (QED) is 0.521. The van der Waals surface area contributed by atoms with E-state index in [1.807, 2.05) is 37.3 Å². The number of ether oxygens (including phenoxy) is 2. The molecule has 7 nitrogen and oxygen atoms in total. The summed E-state index contributed by atoms with van der Waals surface area (Å²) in [5, 5.41) is 2.69. The zero-order valence-electron chi connectivity index (χ0n) is 17.2. The molecule has 0 bridgehead atoms. The maximum atomic E-state index is 12.5. The van der Waals surface area contributed by atoms with Crippen LogP contribution in [0, 0.1) is 0 Å². The average molecular weight is 441 g/mol. The van der Waals surface area contributed by atoms with Gasteiger partial charge in [0.1, 0.15) is 17.2 Å². The third kappa shape index (κ3) is 6.31. The molecule has 0 unspecified atom stereocenters. The Morgan fingerprint density at radius 1 is 0.871 bits per heavy atom. The van der Waals surface area contributed by atoms with Crippen LogP contribution in [0.15, 0.2) is 83.8 Å². The molecule has 0 spiro atoms. The molecule has 0 aromatic heterocycles. The maximum Gasteiger partial charge on any atom is 0.242 e. The Labute approximate surface area is 182 Å². The van der Waals surface area contributed by atoms with Gasteiger partial charge in [-0.05, 0) is 74.5 Å². The zero-order chi connectivity index (χ0) is 22.3. The molecular weight excluding hydrogens is 416 g/mol. The van der Waals surface area contributed by atoms with E-state index < -0.39 is 22.0 Å². The first-order valence-corrected chi connectivity index (χ1v) is 11.2. The standard InChI is InChI=1S/C23H24N2O5S/c1-3-29-19-13-15-22(16-14-19)31(27,28)25-17(2)23(26)24-18-9-11-21(12-10-18)30-20-7-5-4-6-8-20/h4-17,25H,3H2,1-2H3,(H,24,26)/t17-/m0/s1. The SMILES string of the molecule is CCOc1ccc(S(=O)(=O)N[C@@H](C)C(=O)Nc2ccc(Oc3ccccc3)cc2)cc1. The van der Waals surface area contributed by atoms with E-state index in [0.717, 1.165) is 0 Å². The number of sulfonamides is 1. The van der Waals surface area contributed by atoms with Crippen LogP contribution >= 0.6 is 0 Å². The van der Waals surface area contributed by atoms with Gasteiger partial charge in [-0.1, -0.05) is 18.2 Å². The van der Waals surface area contributed by atoms with E-state index in [2.05, 4.69) is 10.0 Å². The van der Waals surface area contributed by atoms with E-state index in [0.29, 0.717) is 29.5 Å². The monoisotopic (exact) mass is 440 g/mol. The average Bonchev–Trinajstić information content (AvgIpc) is 2.76. The Hall–Kier alpha value is -3.36. The molecule has 3 aromatic carbocycles. The van der Waals surface area contributed by atoms with Crippen molar-refractivity contribution in [3.05, 3.63) is 78.9 Å². The Morgan fingerprint density at radius 3 is 2.06 bits per heavy atom. The number of hydrogen-bond donors (Lipinski definition) is 2. The van der Waals surface area contributed by atoms with Crippen molar-refractivity contribution in [2.24, 2.45) is 0 Å². The number of para-hydroxylation sites is 1. The number of amides is 1. The molecule has 162 valence electrons. The predicted molar refractivity (Wildman–Crippen MR) is 119 cm³/mol. The summed E-state index contributed by atoms with van der Waals surface area (Å²) in [5.74, 6) is 1.42. The van der Waals surface area contributed by atoms with Crippen LogP contribution < -0.4 is 19.5 Å². The van der Waals surface area contributed by atoms with Crippen molar-refractivity contribution in [3.8, 4) is 17.2 Å². The van der Waals surface area contributed by atoms with E-state index >= 15 is 0 Å². The number of nitrogens with one attached hydrogen (secondary N) is 2. The molecule has 31 heavy (non-hydrogen) atoms. The second kappa shape index (κ2) is 10.1. The van der Waals surface area contributed by atoms with Crippen molar-refractivity contribution in [1.29, 1.82) is 0 Å². The van der Waals surface area contributed by atoms with Crippen LogP contribution in [0.1, 0.15) is 13.8 Å². The van der Waals surface area contributed by atoms with Crippen LogP contribution in [0.2, 0.25) is 0 Å². The van der Waals surface area contributed by atoms with Gasteiger partial charge >= 0.3 is 0 Å². The topological polar surface area (TPSA) is 93.7 Å². The number of carbonyl (C=O) groups excluding carboxylic acids is 1. The van der Waals surface area contributed by atoms with Crippen molar-refractivity contribution >= 4 is 21.6 Å². The van der Waals surface area contributed by atoms with E-state index in [9.17, 15) is 13.2 Å². The number of rotatable bonds is 9. The van der Waals surface area contributed by atoms with E-state index in [1.165, 1.54) is 19.1 Å². The van der Waals surface area contributed by atoms with Gasteiger partial charge in [0.05, 0.1) is 17.5 Å². The molecule has 8 heteroatoms. The lowest BCUT2D eigenvalue weighted by Gasteiger charge is -2.15. The lowest BCUT2D eigenvalue weighted by molar-refractivity contribution is -0.117. The van der Waals surface area contributed by atoms with Gasteiger partial charge in [0.25, 0.3) is 0 Å². The molecule has 1 atom stereocenters. The molecule has 0 saturated heterocycles. The van der Waals surface area contributed by atoms with Gasteiger partial charge in [0.15, 0.2) is 0 Å². The molecule has 0 aliphatic heterocycles. The number of carbonyl (C=O) groups is 1. The summed E-state index contributed by atoms with van der Waals surface area (Å²) in [4.78, 5) is 12.5. The van der Waals surface area contributed by atoms with E-state index in [4.69, 9.17) is 9.47 Å². The molecule has 3 aromatic rings. The first-order chi connectivity index (χ1) is 14.9. The van der Waals surface area contributed by atoms with Gasteiger partial charge in [-0.25, -0.2) is 8.42 Å². The van der Waals surface area contributed by atoms with Crippen molar-refractivity contribution in [2.75, 3.05) is 11.9 Å². The highest BCUT2D eigenvalue weighted by Crippen LogP contribution is 2.23. The third-order valence-electron chi connectivity index (χ3n) is 4.27. The Kier molecular flexibility index (Phi) is 7.28. The summed E-state index contributed by atoms with van der Waals surface area (Å²) in [6, 6.07) is 21.2. The highest BCUT2D eigenvalue weighted by molar-refractivity contribution is 7.89. The van der Waals surface area contributed by atoms with Crippen molar-refractivity contribution in [2.45, 2.75) is 24.8 Å². The smallest absolute Gasteiger partial charge is 0.242 e. The number of benzene rings is 3. The molecule has 0 fully saturated rings. The summed E-state index contributed by atoms with van der Waals surface area (Å²) in [6.45, 7) is 3.81. The van der Waals surface area contributed by atoms with Crippen molar-refractivity contribution in [3.63, 3.8) is 0 Å². The molecule has 2 N–H and O–H groups in total. The molecule has 3 rings (SSSR count). The van der Waals surface area contributed by atoms with Gasteiger partial charge in [0, 0.05) is 5.69 Å². The highest BCUT2D eigenvalue weighted by atomic mass is 32.2. The molecule has 0 radical (unpaired) electrons. The van der Waals surface area contributed by atoms with Crippen molar-refractivity contribution in [1.82, 2.24) is 4.72 Å². The summed E-state index contributed by atoms with van der Waals surface area (Å²) in [5.41, 5.74) is 0.525. The van der Waals surface area contributed by atoms with Crippen LogP contribution in [0.3, 0.4) is 0 Å². The first kappa shape index (κ1) is 22.3. The fraction of sp³-hybridized carbons (Fsp3) is 0.174. The minimum absolute atomic E-state index is 0.0537. The molecule has 0 saturated carbocycles. The molecule has 0 aliphatic carbocycles. The largest absolute Gasteiger partial charge is 0.494 e. The fourth-order valence-electron chi connectivity index (χ4n) is 2.72. The zero-order valence-corrected chi connectivity index (χ0v) is 18.1.